The molecule has 2 aromatic carbocycles. The van der Waals surface area contributed by atoms with Crippen LogP contribution in [-0.4, -0.2) is 0 Å². The summed E-state index contributed by atoms with van der Waals surface area (Å²) >= 11 is 0. The fourth-order valence-corrected chi connectivity index (χ4v) is 2.06. The smallest absolute Gasteiger partial charge is 0 e. The van der Waals surface area contributed by atoms with Crippen molar-refractivity contribution in [3.63, 3.8) is 0 Å². The van der Waals surface area contributed by atoms with Crippen molar-refractivity contribution in [1.82, 2.24) is 0 Å². The zero-order valence-corrected chi connectivity index (χ0v) is 13.7. The average Bonchev–Trinajstić information content (AvgIpc) is 3.13. The monoisotopic (exact) mass is 324 g/mol. The Morgan fingerprint density at radius 3 is 1.90 bits per heavy atom. The van der Waals surface area contributed by atoms with E-state index in [2.05, 4.69) is 61.7 Å². The van der Waals surface area contributed by atoms with Gasteiger partial charge in [-0.2, -0.15) is 17.7 Å². The summed E-state index contributed by atoms with van der Waals surface area (Å²) in [6.45, 7) is 7.36. The molecule has 0 saturated heterocycles. The van der Waals surface area contributed by atoms with E-state index in [1.807, 2.05) is 12.2 Å². The molecule has 0 unspecified atom stereocenters. The van der Waals surface area contributed by atoms with Gasteiger partial charge < -0.3 is 29.8 Å². The first kappa shape index (κ1) is 19.7. The van der Waals surface area contributed by atoms with Gasteiger partial charge in [-0.1, -0.05) is 31.4 Å². The van der Waals surface area contributed by atoms with E-state index in [1.54, 1.807) is 0 Å². The zero-order valence-electron chi connectivity index (χ0n) is 12.7. The molecular weight excluding hydrogens is 299 g/mol. The van der Waals surface area contributed by atoms with E-state index in [4.69, 9.17) is 0 Å². The van der Waals surface area contributed by atoms with Crippen LogP contribution < -0.4 is 0 Å². The normalized spacial score (nSPS) is 9.14. The molecule has 0 saturated carbocycles. The fourth-order valence-electron chi connectivity index (χ4n) is 2.06. The van der Waals surface area contributed by atoms with Crippen molar-refractivity contribution in [2.75, 3.05) is 0 Å². The standard InChI is InChI=1S/2C10H13.Ni/c2*1-2-3-4-7-10-8-5-6-9-10;/h2*2,5-6,8-9H,1,3-4,7H2;/q-5;-1;. The molecule has 0 nitrogen and oxygen atoms in total. The van der Waals surface area contributed by atoms with Gasteiger partial charge in [-0.05, 0) is 12.8 Å². The van der Waals surface area contributed by atoms with Crippen LogP contribution in [0.1, 0.15) is 36.8 Å². The van der Waals surface area contributed by atoms with Gasteiger partial charge in [0.05, 0.1) is 0 Å². The van der Waals surface area contributed by atoms with E-state index in [0.717, 1.165) is 12.8 Å². The maximum Gasteiger partial charge on any atom is 0 e. The van der Waals surface area contributed by atoms with Crippen LogP contribution in [-0.2, 0) is 29.3 Å². The predicted octanol–water partition coefficient (Wildman–Crippen LogP) is 5.83. The molecule has 0 spiro atoms. The third-order valence-corrected chi connectivity index (χ3v) is 3.21. The number of aryl methyl sites for hydroxylation is 2. The summed E-state index contributed by atoms with van der Waals surface area (Å²) in [7, 11) is 0. The summed E-state index contributed by atoms with van der Waals surface area (Å²) in [4.78, 5) is 0. The van der Waals surface area contributed by atoms with Crippen LogP contribution in [0.4, 0.5) is 0 Å². The summed E-state index contributed by atoms with van der Waals surface area (Å²) in [5.41, 5.74) is 2.89. The third-order valence-electron chi connectivity index (χ3n) is 3.21. The number of unbranched alkanes of at least 4 members (excludes halogenated alkanes) is 2. The molecule has 21 heavy (non-hydrogen) atoms. The van der Waals surface area contributed by atoms with Crippen molar-refractivity contribution in [2.24, 2.45) is 0 Å². The van der Waals surface area contributed by atoms with Gasteiger partial charge in [0, 0.05) is 16.5 Å². The van der Waals surface area contributed by atoms with E-state index in [1.165, 1.54) is 36.8 Å². The Kier molecular flexibility index (Phi) is 12.8. The Hall–Kier alpha value is -1.33. The quantitative estimate of drug-likeness (QED) is 0.248. The molecule has 0 N–H and O–H groups in total. The molecule has 2 aromatic rings. The molecule has 0 aliphatic carbocycles. The second-order valence-corrected chi connectivity index (χ2v) is 4.95. The molecule has 2 rings (SSSR count). The van der Waals surface area contributed by atoms with Crippen molar-refractivity contribution in [1.29, 1.82) is 0 Å². The Balaban J connectivity index is 0.000000364. The molecule has 0 fully saturated rings. The maximum absolute atomic E-state index is 3.68. The Labute approximate surface area is 140 Å². The predicted molar refractivity (Wildman–Crippen MR) is 90.3 cm³/mol. The van der Waals surface area contributed by atoms with Crippen LogP contribution in [0.5, 0.6) is 0 Å². The number of rotatable bonds is 8. The van der Waals surface area contributed by atoms with Crippen molar-refractivity contribution in [3.05, 3.63) is 85.0 Å². The average molecular weight is 325 g/mol. The molecular formula is C20H26Ni-6. The molecule has 0 heterocycles. The molecule has 122 valence electrons. The summed E-state index contributed by atoms with van der Waals surface area (Å²) in [6.07, 6.45) is 11.1. The second kappa shape index (κ2) is 13.6. The SMILES string of the molecule is C=CCCC[c-]1[cH-][cH-][cH-][cH-]1.C=CCCC[c-]1cccc1.[Ni]. The first-order valence-corrected chi connectivity index (χ1v) is 7.49. The van der Waals surface area contributed by atoms with Crippen molar-refractivity contribution in [3.8, 4) is 0 Å². The van der Waals surface area contributed by atoms with E-state index in [-0.39, 0.29) is 16.5 Å². The van der Waals surface area contributed by atoms with Gasteiger partial charge in [0.25, 0.3) is 0 Å². The van der Waals surface area contributed by atoms with Crippen LogP contribution >= 0.6 is 0 Å². The summed E-state index contributed by atoms with van der Waals surface area (Å²) in [6, 6.07) is 17.0. The summed E-state index contributed by atoms with van der Waals surface area (Å²) < 4.78 is 0. The maximum atomic E-state index is 3.68. The first-order valence-electron chi connectivity index (χ1n) is 7.49. The fraction of sp³-hybridized carbons (Fsp3) is 0.300. The molecule has 0 amide bonds. The Morgan fingerprint density at radius 1 is 0.857 bits per heavy atom. The Bertz CT molecular complexity index is 390. The van der Waals surface area contributed by atoms with Crippen molar-refractivity contribution >= 4 is 0 Å². The van der Waals surface area contributed by atoms with Gasteiger partial charge >= 0.3 is 0 Å². The number of hydrogen-bond acceptors (Lipinski definition) is 0. The molecule has 0 radical (unpaired) electrons. The largest absolute Gasteiger partial charge is 0.748 e. The van der Waals surface area contributed by atoms with Crippen molar-refractivity contribution < 1.29 is 16.5 Å². The molecule has 0 bridgehead atoms. The van der Waals surface area contributed by atoms with Gasteiger partial charge in [0.15, 0.2) is 0 Å². The van der Waals surface area contributed by atoms with Crippen LogP contribution in [0.25, 0.3) is 0 Å². The van der Waals surface area contributed by atoms with Crippen LogP contribution in [0.15, 0.2) is 73.8 Å². The minimum Gasteiger partial charge on any atom is -0.748 e. The minimum atomic E-state index is 0. The van der Waals surface area contributed by atoms with Gasteiger partial charge in [0.1, 0.15) is 0 Å². The van der Waals surface area contributed by atoms with Gasteiger partial charge in [-0.15, -0.1) is 13.2 Å². The third kappa shape index (κ3) is 10.1. The van der Waals surface area contributed by atoms with Crippen LogP contribution in [0, 0.1) is 0 Å². The second-order valence-electron chi connectivity index (χ2n) is 4.95. The molecule has 0 aliphatic heterocycles. The minimum absolute atomic E-state index is 0. The molecule has 1 heteroatoms. The number of allylic oxidation sites excluding steroid dienone is 2. The molecule has 0 atom stereocenters. The summed E-state index contributed by atoms with van der Waals surface area (Å²) in [5, 5.41) is 0. The Morgan fingerprint density at radius 2 is 1.38 bits per heavy atom. The topological polar surface area (TPSA) is 0 Å². The number of hydrogen-bond donors (Lipinski definition) is 0. The van der Waals surface area contributed by atoms with Gasteiger partial charge in [-0.25, -0.2) is 18.6 Å². The zero-order chi connectivity index (χ0) is 14.5. The first-order chi connectivity index (χ1) is 9.86. The molecule has 0 aromatic heterocycles. The van der Waals surface area contributed by atoms with E-state index < -0.39 is 0 Å². The van der Waals surface area contributed by atoms with E-state index >= 15 is 0 Å². The molecule has 0 aliphatic rings. The van der Waals surface area contributed by atoms with Crippen LogP contribution in [0.3, 0.4) is 0 Å². The van der Waals surface area contributed by atoms with Gasteiger partial charge in [-0.3, -0.25) is 0 Å². The van der Waals surface area contributed by atoms with Gasteiger partial charge in [0.2, 0.25) is 0 Å². The van der Waals surface area contributed by atoms with Crippen molar-refractivity contribution in [2.45, 2.75) is 38.5 Å². The van der Waals surface area contributed by atoms with E-state index in [9.17, 15) is 0 Å². The van der Waals surface area contributed by atoms with E-state index in [0.29, 0.717) is 0 Å². The van der Waals surface area contributed by atoms with Crippen LogP contribution in [0.2, 0.25) is 0 Å². The summed E-state index contributed by atoms with van der Waals surface area (Å²) in [5.74, 6) is 0.